The number of nitro benzene ring substituents is 1. The van der Waals surface area contributed by atoms with E-state index in [1.807, 2.05) is 6.07 Å². The summed E-state index contributed by atoms with van der Waals surface area (Å²) < 4.78 is 0.538. The van der Waals surface area contributed by atoms with Gasteiger partial charge in [-0.15, -0.1) is 0 Å². The van der Waals surface area contributed by atoms with E-state index < -0.39 is 0 Å². The molecule has 114 valence electrons. The largest absolute Gasteiger partial charge is 0.308 e. The van der Waals surface area contributed by atoms with E-state index in [0.29, 0.717) is 23.1 Å². The van der Waals surface area contributed by atoms with Gasteiger partial charge in [0.15, 0.2) is 0 Å². The Bertz CT molecular complexity index is 538. The van der Waals surface area contributed by atoms with Crippen molar-refractivity contribution in [1.29, 1.82) is 0 Å². The topological polar surface area (TPSA) is 58.4 Å². The van der Waals surface area contributed by atoms with E-state index in [4.69, 9.17) is 0 Å². The first-order valence-electron chi connectivity index (χ1n) is 7.55. The monoisotopic (exact) mass is 353 g/mol. The molecule has 0 bridgehead atoms. The fourth-order valence-electron chi connectivity index (χ4n) is 3.54. The van der Waals surface area contributed by atoms with Crippen molar-refractivity contribution in [2.45, 2.75) is 44.3 Å². The maximum Gasteiger partial charge on any atom is 0.283 e. The Kier molecular flexibility index (Phi) is 4.57. The first-order valence-corrected chi connectivity index (χ1v) is 8.35. The number of nitrogens with zero attached hydrogens (tertiary/aromatic N) is 2. The zero-order valence-corrected chi connectivity index (χ0v) is 13.5. The van der Waals surface area contributed by atoms with Crippen LogP contribution in [0, 0.1) is 10.1 Å². The van der Waals surface area contributed by atoms with Gasteiger partial charge in [0.2, 0.25) is 0 Å². The molecule has 2 fully saturated rings. The van der Waals surface area contributed by atoms with Gasteiger partial charge in [-0.2, -0.15) is 0 Å². The predicted octanol–water partition coefficient (Wildman–Crippen LogP) is 3.07. The van der Waals surface area contributed by atoms with Crippen LogP contribution in [0.1, 0.15) is 31.2 Å². The average molecular weight is 354 g/mol. The van der Waals surface area contributed by atoms with Crippen molar-refractivity contribution in [2.24, 2.45) is 0 Å². The van der Waals surface area contributed by atoms with Crippen LogP contribution in [-0.4, -0.2) is 35.0 Å². The van der Waals surface area contributed by atoms with Gasteiger partial charge in [0, 0.05) is 31.2 Å². The van der Waals surface area contributed by atoms with E-state index in [0.717, 1.165) is 5.56 Å². The first-order chi connectivity index (χ1) is 10.1. The average Bonchev–Trinajstić information content (AvgIpc) is 2.89. The number of hydrogen-bond acceptors (Lipinski definition) is 4. The van der Waals surface area contributed by atoms with Gasteiger partial charge in [0.05, 0.1) is 9.40 Å². The summed E-state index contributed by atoms with van der Waals surface area (Å²) >= 11 is 3.23. The lowest BCUT2D eigenvalue weighted by Crippen LogP contribution is -2.44. The minimum atomic E-state index is -0.341. The van der Waals surface area contributed by atoms with Gasteiger partial charge in [-0.3, -0.25) is 15.0 Å². The summed E-state index contributed by atoms with van der Waals surface area (Å²) in [5.74, 6) is 0. The van der Waals surface area contributed by atoms with Gasteiger partial charge in [0.1, 0.15) is 0 Å². The van der Waals surface area contributed by atoms with Crippen LogP contribution in [0.15, 0.2) is 22.7 Å². The van der Waals surface area contributed by atoms with Crippen LogP contribution in [0.3, 0.4) is 0 Å². The summed E-state index contributed by atoms with van der Waals surface area (Å²) in [4.78, 5) is 13.2. The highest BCUT2D eigenvalue weighted by molar-refractivity contribution is 9.10. The van der Waals surface area contributed by atoms with Crippen LogP contribution in [-0.2, 0) is 6.54 Å². The highest BCUT2D eigenvalue weighted by atomic mass is 79.9. The molecule has 2 heterocycles. The molecule has 0 amide bonds. The van der Waals surface area contributed by atoms with E-state index in [2.05, 4.69) is 26.1 Å². The first kappa shape index (κ1) is 14.9. The van der Waals surface area contributed by atoms with Gasteiger partial charge in [-0.25, -0.2) is 0 Å². The molecular formula is C15H20BrN3O2. The molecule has 2 atom stereocenters. The van der Waals surface area contributed by atoms with Gasteiger partial charge in [0.25, 0.3) is 5.69 Å². The minimum absolute atomic E-state index is 0.139. The van der Waals surface area contributed by atoms with Crippen LogP contribution >= 0.6 is 15.9 Å². The number of fused-ring (bicyclic) bond motifs is 1. The highest BCUT2D eigenvalue weighted by Crippen LogP contribution is 2.28. The molecule has 0 radical (unpaired) electrons. The van der Waals surface area contributed by atoms with Gasteiger partial charge < -0.3 is 5.32 Å². The molecule has 2 unspecified atom stereocenters. The summed E-state index contributed by atoms with van der Waals surface area (Å²) in [5.41, 5.74) is 1.11. The van der Waals surface area contributed by atoms with Crippen molar-refractivity contribution >= 4 is 21.6 Å². The van der Waals surface area contributed by atoms with E-state index in [1.165, 1.54) is 38.8 Å². The fourth-order valence-corrected chi connectivity index (χ4v) is 3.93. The summed E-state index contributed by atoms with van der Waals surface area (Å²) in [6.07, 6.45) is 5.10. The number of benzene rings is 1. The molecule has 0 aliphatic carbocycles. The molecular weight excluding hydrogens is 334 g/mol. The van der Waals surface area contributed by atoms with Gasteiger partial charge in [-0.1, -0.05) is 12.5 Å². The summed E-state index contributed by atoms with van der Waals surface area (Å²) in [7, 11) is 0. The second-order valence-corrected chi connectivity index (χ2v) is 6.77. The van der Waals surface area contributed by atoms with Crippen molar-refractivity contribution in [3.63, 3.8) is 0 Å². The Hall–Kier alpha value is -0.980. The lowest BCUT2D eigenvalue weighted by Gasteiger charge is -2.32. The van der Waals surface area contributed by atoms with Crippen LogP contribution in [0.2, 0.25) is 0 Å². The number of piperidine rings is 1. The second kappa shape index (κ2) is 6.42. The summed E-state index contributed by atoms with van der Waals surface area (Å²) in [5, 5.41) is 14.6. The normalized spacial score (nSPS) is 25.8. The third-order valence-electron chi connectivity index (χ3n) is 4.63. The zero-order valence-electron chi connectivity index (χ0n) is 11.9. The molecule has 1 aromatic rings. The van der Waals surface area contributed by atoms with Crippen LogP contribution in [0.4, 0.5) is 5.69 Å². The molecule has 0 aromatic heterocycles. The third kappa shape index (κ3) is 3.27. The summed E-state index contributed by atoms with van der Waals surface area (Å²) in [6.45, 7) is 3.11. The van der Waals surface area contributed by atoms with Gasteiger partial charge >= 0.3 is 0 Å². The molecule has 2 aliphatic heterocycles. The smallest absolute Gasteiger partial charge is 0.283 e. The molecule has 6 heteroatoms. The molecule has 2 aliphatic rings. The zero-order chi connectivity index (χ0) is 14.8. The molecule has 1 aromatic carbocycles. The summed E-state index contributed by atoms with van der Waals surface area (Å²) in [6, 6.07) is 6.54. The lowest BCUT2D eigenvalue weighted by molar-refractivity contribution is -0.385. The number of rotatable bonds is 4. The van der Waals surface area contributed by atoms with E-state index in [9.17, 15) is 10.1 Å². The molecule has 0 spiro atoms. The Labute approximate surface area is 133 Å². The predicted molar refractivity (Wildman–Crippen MR) is 85.3 cm³/mol. The van der Waals surface area contributed by atoms with Crippen molar-refractivity contribution in [2.75, 3.05) is 13.1 Å². The Morgan fingerprint density at radius 1 is 1.33 bits per heavy atom. The molecule has 3 rings (SSSR count). The maximum atomic E-state index is 11.0. The number of nitro groups is 1. The maximum absolute atomic E-state index is 11.0. The van der Waals surface area contributed by atoms with E-state index >= 15 is 0 Å². The minimum Gasteiger partial charge on any atom is -0.308 e. The number of nitrogens with one attached hydrogen (secondary N) is 1. The Balaban J connectivity index is 1.62. The molecule has 0 saturated carbocycles. The quantitative estimate of drug-likeness (QED) is 0.667. The molecule has 21 heavy (non-hydrogen) atoms. The fraction of sp³-hybridized carbons (Fsp3) is 0.600. The van der Waals surface area contributed by atoms with Crippen LogP contribution in [0.25, 0.3) is 0 Å². The SMILES string of the molecule is O=[N+]([O-])c1cc(CNC2CCN3CCCCC23)ccc1Br. The van der Waals surface area contributed by atoms with Gasteiger partial charge in [-0.05, 0) is 53.4 Å². The Morgan fingerprint density at radius 3 is 3.00 bits per heavy atom. The van der Waals surface area contributed by atoms with Crippen molar-refractivity contribution in [3.8, 4) is 0 Å². The van der Waals surface area contributed by atoms with Crippen molar-refractivity contribution < 1.29 is 4.92 Å². The van der Waals surface area contributed by atoms with Crippen molar-refractivity contribution in [3.05, 3.63) is 38.3 Å². The third-order valence-corrected chi connectivity index (χ3v) is 5.30. The molecule has 1 N–H and O–H groups in total. The Morgan fingerprint density at radius 2 is 2.19 bits per heavy atom. The lowest BCUT2D eigenvalue weighted by atomic mass is 9.99. The van der Waals surface area contributed by atoms with E-state index in [1.54, 1.807) is 12.1 Å². The standard InChI is InChI=1S/C15H20BrN3O2/c16-12-5-4-11(9-15(12)19(20)21)10-17-13-6-8-18-7-2-1-3-14(13)18/h4-5,9,13-14,17H,1-3,6-8,10H2. The second-order valence-electron chi connectivity index (χ2n) is 5.92. The van der Waals surface area contributed by atoms with Crippen LogP contribution < -0.4 is 5.32 Å². The van der Waals surface area contributed by atoms with E-state index in [-0.39, 0.29) is 10.6 Å². The van der Waals surface area contributed by atoms with Crippen molar-refractivity contribution in [1.82, 2.24) is 10.2 Å². The number of hydrogen-bond donors (Lipinski definition) is 1. The molecule has 5 nitrogen and oxygen atoms in total. The number of halogens is 1. The molecule has 2 saturated heterocycles. The highest BCUT2D eigenvalue weighted by Gasteiger charge is 2.34. The van der Waals surface area contributed by atoms with Crippen LogP contribution in [0.5, 0.6) is 0 Å².